The van der Waals surface area contributed by atoms with Crippen molar-refractivity contribution in [3.05, 3.63) is 59.1 Å². The molecular weight excluding hydrogens is 266 g/mol. The van der Waals surface area contributed by atoms with Gasteiger partial charge in [0.1, 0.15) is 18.0 Å². The molecule has 0 amide bonds. The molecule has 1 unspecified atom stereocenters. The Hall–Kier alpha value is -1.75. The van der Waals surface area contributed by atoms with Gasteiger partial charge in [0, 0.05) is 10.6 Å². The normalized spacial score (nSPS) is 21.7. The topological polar surface area (TPSA) is 52.6 Å². The fourth-order valence-corrected chi connectivity index (χ4v) is 2.23. The standard InChI is InChI=1S/C14H11ClNO3/c15-11-7-5-10(6-8-11)14(17)9-19-13-4-2-1-3-12(13)16(14)18/h1-8,17H,9H2. The zero-order chi connectivity index (χ0) is 13.5. The molecule has 1 aliphatic heterocycles. The fourth-order valence-electron chi connectivity index (χ4n) is 2.10. The van der Waals surface area contributed by atoms with Gasteiger partial charge in [0.15, 0.2) is 0 Å². The van der Waals surface area contributed by atoms with Gasteiger partial charge in [0.2, 0.25) is 5.72 Å². The number of hydroxylamine groups is 1. The quantitative estimate of drug-likeness (QED) is 0.871. The van der Waals surface area contributed by atoms with Crippen LogP contribution in [0.4, 0.5) is 5.69 Å². The van der Waals surface area contributed by atoms with Crippen molar-refractivity contribution in [2.45, 2.75) is 5.72 Å². The number of fused-ring (bicyclic) bond motifs is 1. The van der Waals surface area contributed by atoms with Crippen molar-refractivity contribution in [1.29, 1.82) is 0 Å². The summed E-state index contributed by atoms with van der Waals surface area (Å²) in [5, 5.41) is 24.1. The van der Waals surface area contributed by atoms with Gasteiger partial charge in [-0.05, 0) is 24.3 Å². The summed E-state index contributed by atoms with van der Waals surface area (Å²) in [6, 6.07) is 13.3. The first-order chi connectivity index (χ1) is 9.11. The van der Waals surface area contributed by atoms with Crippen molar-refractivity contribution < 1.29 is 15.1 Å². The van der Waals surface area contributed by atoms with Crippen LogP contribution in [0.25, 0.3) is 0 Å². The molecule has 0 aliphatic carbocycles. The second-order valence-electron chi connectivity index (χ2n) is 4.37. The van der Waals surface area contributed by atoms with Crippen molar-refractivity contribution in [3.63, 3.8) is 0 Å². The maximum Gasteiger partial charge on any atom is 0.226 e. The molecule has 4 nitrogen and oxygen atoms in total. The van der Waals surface area contributed by atoms with Gasteiger partial charge < -0.3 is 9.84 Å². The third kappa shape index (κ3) is 1.94. The Balaban J connectivity index is 2.04. The first-order valence-corrected chi connectivity index (χ1v) is 6.17. The smallest absolute Gasteiger partial charge is 0.226 e. The van der Waals surface area contributed by atoms with Gasteiger partial charge >= 0.3 is 0 Å². The first kappa shape index (κ1) is 12.3. The molecule has 97 valence electrons. The Morgan fingerprint density at radius 2 is 1.84 bits per heavy atom. The highest BCUT2D eigenvalue weighted by molar-refractivity contribution is 6.30. The van der Waals surface area contributed by atoms with Crippen LogP contribution in [0, 0.1) is 0 Å². The van der Waals surface area contributed by atoms with E-state index < -0.39 is 5.72 Å². The molecule has 1 radical (unpaired) electrons. The number of anilines is 1. The molecule has 1 atom stereocenters. The van der Waals surface area contributed by atoms with E-state index in [0.717, 1.165) is 0 Å². The number of para-hydroxylation sites is 2. The number of rotatable bonds is 1. The molecule has 1 aliphatic rings. The van der Waals surface area contributed by atoms with Crippen molar-refractivity contribution in [3.8, 4) is 5.75 Å². The monoisotopic (exact) mass is 276 g/mol. The predicted molar refractivity (Wildman–Crippen MR) is 70.5 cm³/mol. The third-order valence-corrected chi connectivity index (χ3v) is 3.41. The van der Waals surface area contributed by atoms with Crippen molar-refractivity contribution in [2.24, 2.45) is 0 Å². The summed E-state index contributed by atoms with van der Waals surface area (Å²) in [5.41, 5.74) is -0.980. The van der Waals surface area contributed by atoms with Crippen LogP contribution in [0.15, 0.2) is 48.5 Å². The van der Waals surface area contributed by atoms with Crippen molar-refractivity contribution in [2.75, 3.05) is 11.7 Å². The van der Waals surface area contributed by atoms with E-state index in [9.17, 15) is 10.3 Å². The van der Waals surface area contributed by atoms with E-state index in [1.54, 1.807) is 48.5 Å². The molecule has 0 bridgehead atoms. The molecule has 1 heterocycles. The average molecular weight is 277 g/mol. The maximum atomic E-state index is 12.4. The van der Waals surface area contributed by atoms with Crippen LogP contribution in [-0.4, -0.2) is 11.7 Å². The van der Waals surface area contributed by atoms with Crippen LogP contribution in [-0.2, 0) is 10.9 Å². The predicted octanol–water partition coefficient (Wildman–Crippen LogP) is 2.73. The van der Waals surface area contributed by atoms with Crippen molar-refractivity contribution in [1.82, 2.24) is 0 Å². The minimum atomic E-state index is -1.74. The molecule has 3 rings (SSSR count). The van der Waals surface area contributed by atoms with E-state index in [2.05, 4.69) is 0 Å². The molecule has 1 N–H and O–H groups in total. The highest BCUT2D eigenvalue weighted by atomic mass is 35.5. The molecule has 19 heavy (non-hydrogen) atoms. The summed E-state index contributed by atoms with van der Waals surface area (Å²) < 4.78 is 5.47. The van der Waals surface area contributed by atoms with Gasteiger partial charge in [0.25, 0.3) is 0 Å². The van der Waals surface area contributed by atoms with Gasteiger partial charge in [0.05, 0.1) is 0 Å². The van der Waals surface area contributed by atoms with Crippen LogP contribution in [0.5, 0.6) is 5.75 Å². The summed E-state index contributed by atoms with van der Waals surface area (Å²) in [4.78, 5) is 0. The second-order valence-corrected chi connectivity index (χ2v) is 4.81. The largest absolute Gasteiger partial charge is 0.486 e. The average Bonchev–Trinajstić information content (AvgIpc) is 2.44. The summed E-state index contributed by atoms with van der Waals surface area (Å²) in [5.74, 6) is 0.469. The van der Waals surface area contributed by atoms with E-state index in [1.165, 1.54) is 0 Å². The maximum absolute atomic E-state index is 12.4. The number of hydrogen-bond acceptors (Lipinski definition) is 3. The van der Waals surface area contributed by atoms with Crippen LogP contribution in [0.1, 0.15) is 5.56 Å². The van der Waals surface area contributed by atoms with E-state index in [-0.39, 0.29) is 6.61 Å². The third-order valence-electron chi connectivity index (χ3n) is 3.16. The highest BCUT2D eigenvalue weighted by Crippen LogP contribution is 2.40. The lowest BCUT2D eigenvalue weighted by Gasteiger charge is -2.39. The summed E-state index contributed by atoms with van der Waals surface area (Å²) in [7, 11) is 0. The Morgan fingerprint density at radius 3 is 2.58 bits per heavy atom. The summed E-state index contributed by atoms with van der Waals surface area (Å²) in [6.07, 6.45) is 0. The van der Waals surface area contributed by atoms with E-state index in [4.69, 9.17) is 16.3 Å². The minimum Gasteiger partial charge on any atom is -0.486 e. The SMILES string of the molecule is [O]N1c2ccccc2OCC1(O)c1ccc(Cl)cc1. The molecule has 0 saturated carbocycles. The number of benzene rings is 2. The molecule has 0 spiro atoms. The van der Waals surface area contributed by atoms with Crippen LogP contribution in [0.2, 0.25) is 5.02 Å². The summed E-state index contributed by atoms with van der Waals surface area (Å²) in [6.45, 7) is -0.130. The van der Waals surface area contributed by atoms with Gasteiger partial charge in [-0.25, -0.2) is 0 Å². The fraction of sp³-hybridized carbons (Fsp3) is 0.143. The minimum absolute atomic E-state index is 0.130. The van der Waals surface area contributed by atoms with E-state index in [1.807, 2.05) is 0 Å². The highest BCUT2D eigenvalue weighted by Gasteiger charge is 2.43. The molecule has 0 saturated heterocycles. The lowest BCUT2D eigenvalue weighted by molar-refractivity contribution is -0.106. The molecule has 2 aromatic carbocycles. The van der Waals surface area contributed by atoms with E-state index in [0.29, 0.717) is 27.1 Å². The Labute approximate surface area is 115 Å². The first-order valence-electron chi connectivity index (χ1n) is 5.79. The molecule has 0 aromatic heterocycles. The molecule has 2 aromatic rings. The lowest BCUT2D eigenvalue weighted by atomic mass is 10.0. The van der Waals surface area contributed by atoms with Gasteiger partial charge in [-0.1, -0.05) is 41.1 Å². The number of ether oxygens (including phenoxy) is 1. The molecule has 5 heteroatoms. The lowest BCUT2D eigenvalue weighted by Crippen LogP contribution is -2.50. The van der Waals surface area contributed by atoms with Crippen molar-refractivity contribution >= 4 is 17.3 Å². The van der Waals surface area contributed by atoms with Gasteiger partial charge in [-0.3, -0.25) is 0 Å². The number of halogens is 1. The number of nitrogens with zero attached hydrogens (tertiary/aromatic N) is 1. The molecule has 0 fully saturated rings. The summed E-state index contributed by atoms with van der Waals surface area (Å²) >= 11 is 5.81. The zero-order valence-corrected chi connectivity index (χ0v) is 10.7. The van der Waals surface area contributed by atoms with Crippen LogP contribution in [0.3, 0.4) is 0 Å². The number of aliphatic hydroxyl groups is 1. The second kappa shape index (κ2) is 4.42. The Bertz CT molecular complexity index is 602. The van der Waals surface area contributed by atoms with Gasteiger partial charge in [-0.2, -0.15) is 5.06 Å². The van der Waals surface area contributed by atoms with Crippen LogP contribution < -0.4 is 9.80 Å². The number of hydrogen-bond donors (Lipinski definition) is 1. The Kier molecular flexibility index (Phi) is 2.86. The van der Waals surface area contributed by atoms with Gasteiger partial charge in [-0.15, -0.1) is 0 Å². The zero-order valence-electron chi connectivity index (χ0n) is 9.91. The Morgan fingerprint density at radius 1 is 1.16 bits per heavy atom. The van der Waals surface area contributed by atoms with Crippen LogP contribution >= 0.6 is 11.6 Å². The molecular formula is C14H11ClNO3. The van der Waals surface area contributed by atoms with E-state index >= 15 is 0 Å².